The fraction of sp³-hybridized carbons (Fsp3) is 0.300. The molecule has 4 nitrogen and oxygen atoms in total. The van der Waals surface area contributed by atoms with Gasteiger partial charge in [-0.1, -0.05) is 23.7 Å². The highest BCUT2D eigenvalue weighted by Gasteiger charge is 2.03. The SMILES string of the molecule is CC(=O)c1ccc(OCCCC(=O)NCCc2ccc(Cl)cc2)cc1. The number of halogens is 1. The van der Waals surface area contributed by atoms with E-state index in [4.69, 9.17) is 16.3 Å². The van der Waals surface area contributed by atoms with Crippen molar-refractivity contribution >= 4 is 23.3 Å². The molecule has 0 aliphatic rings. The van der Waals surface area contributed by atoms with Gasteiger partial charge in [-0.2, -0.15) is 0 Å². The number of amides is 1. The average Bonchev–Trinajstić information content (AvgIpc) is 2.61. The lowest BCUT2D eigenvalue weighted by Crippen LogP contribution is -2.25. The molecule has 0 unspecified atom stereocenters. The smallest absolute Gasteiger partial charge is 0.220 e. The van der Waals surface area contributed by atoms with Gasteiger partial charge in [0.2, 0.25) is 5.91 Å². The van der Waals surface area contributed by atoms with Crippen molar-refractivity contribution in [2.45, 2.75) is 26.2 Å². The third-order valence-electron chi connectivity index (χ3n) is 3.73. The number of carbonyl (C=O) groups excluding carboxylic acids is 2. The van der Waals surface area contributed by atoms with Gasteiger partial charge in [0.1, 0.15) is 5.75 Å². The number of benzene rings is 2. The molecule has 1 N–H and O–H groups in total. The van der Waals surface area contributed by atoms with E-state index in [1.165, 1.54) is 6.92 Å². The van der Waals surface area contributed by atoms with Crippen molar-refractivity contribution in [1.82, 2.24) is 5.32 Å². The summed E-state index contributed by atoms with van der Waals surface area (Å²) in [7, 11) is 0. The van der Waals surface area contributed by atoms with Crippen LogP contribution >= 0.6 is 11.6 Å². The predicted molar refractivity (Wildman–Crippen MR) is 99.3 cm³/mol. The Morgan fingerprint density at radius 3 is 2.36 bits per heavy atom. The molecule has 2 rings (SSSR count). The van der Waals surface area contributed by atoms with Crippen LogP contribution in [-0.2, 0) is 11.2 Å². The van der Waals surface area contributed by atoms with Crippen LogP contribution in [0.25, 0.3) is 0 Å². The maximum Gasteiger partial charge on any atom is 0.220 e. The number of rotatable bonds is 9. The van der Waals surface area contributed by atoms with Gasteiger partial charge in [0, 0.05) is 23.6 Å². The van der Waals surface area contributed by atoms with Crippen molar-refractivity contribution < 1.29 is 14.3 Å². The maximum absolute atomic E-state index is 11.8. The number of Topliss-reactive ketones (excluding diaryl/α,β-unsaturated/α-hetero) is 1. The highest BCUT2D eigenvalue weighted by Crippen LogP contribution is 2.13. The maximum atomic E-state index is 11.8. The number of nitrogens with one attached hydrogen (secondary N) is 1. The van der Waals surface area contributed by atoms with Crippen molar-refractivity contribution in [3.05, 3.63) is 64.7 Å². The van der Waals surface area contributed by atoms with E-state index >= 15 is 0 Å². The quantitative estimate of drug-likeness (QED) is 0.542. The Balaban J connectivity index is 1.58. The van der Waals surface area contributed by atoms with E-state index in [-0.39, 0.29) is 11.7 Å². The fourth-order valence-electron chi connectivity index (χ4n) is 2.29. The lowest BCUT2D eigenvalue weighted by atomic mass is 10.1. The van der Waals surface area contributed by atoms with Gasteiger partial charge in [0.05, 0.1) is 6.61 Å². The molecule has 0 heterocycles. The average molecular weight is 360 g/mol. The van der Waals surface area contributed by atoms with E-state index in [0.29, 0.717) is 42.3 Å². The summed E-state index contributed by atoms with van der Waals surface area (Å²) >= 11 is 5.84. The first-order valence-electron chi connectivity index (χ1n) is 8.29. The molecule has 5 heteroatoms. The Labute approximate surface area is 153 Å². The van der Waals surface area contributed by atoms with Crippen LogP contribution < -0.4 is 10.1 Å². The zero-order chi connectivity index (χ0) is 18.1. The molecule has 0 aliphatic heterocycles. The number of ketones is 1. The highest BCUT2D eigenvalue weighted by atomic mass is 35.5. The molecule has 0 spiro atoms. The zero-order valence-electron chi connectivity index (χ0n) is 14.3. The third-order valence-corrected chi connectivity index (χ3v) is 3.98. The van der Waals surface area contributed by atoms with Crippen molar-refractivity contribution in [3.63, 3.8) is 0 Å². The van der Waals surface area contributed by atoms with Gasteiger partial charge in [0.15, 0.2) is 5.78 Å². The molecule has 0 aliphatic carbocycles. The van der Waals surface area contributed by atoms with Gasteiger partial charge in [0.25, 0.3) is 0 Å². The van der Waals surface area contributed by atoms with Crippen molar-refractivity contribution in [3.8, 4) is 5.75 Å². The molecule has 25 heavy (non-hydrogen) atoms. The second-order valence-corrected chi connectivity index (χ2v) is 6.20. The zero-order valence-corrected chi connectivity index (χ0v) is 15.0. The summed E-state index contributed by atoms with van der Waals surface area (Å²) in [5.41, 5.74) is 1.80. The van der Waals surface area contributed by atoms with E-state index in [9.17, 15) is 9.59 Å². The van der Waals surface area contributed by atoms with Gasteiger partial charge in [-0.25, -0.2) is 0 Å². The van der Waals surface area contributed by atoms with Crippen LogP contribution in [0.2, 0.25) is 5.02 Å². The number of carbonyl (C=O) groups is 2. The molecule has 0 bridgehead atoms. The molecule has 0 fully saturated rings. The molecule has 0 saturated heterocycles. The fourth-order valence-corrected chi connectivity index (χ4v) is 2.42. The van der Waals surface area contributed by atoms with Crippen LogP contribution in [0, 0.1) is 0 Å². The van der Waals surface area contributed by atoms with Crippen LogP contribution in [0.1, 0.15) is 35.7 Å². The van der Waals surface area contributed by atoms with Crippen molar-refractivity contribution in [2.75, 3.05) is 13.2 Å². The third kappa shape index (κ3) is 6.98. The number of hydrogen-bond acceptors (Lipinski definition) is 3. The molecule has 0 aromatic heterocycles. The predicted octanol–water partition coefficient (Wildman–Crippen LogP) is 4.06. The van der Waals surface area contributed by atoms with E-state index in [1.807, 2.05) is 24.3 Å². The first-order valence-corrected chi connectivity index (χ1v) is 8.67. The molecule has 2 aromatic carbocycles. The molecule has 0 saturated carbocycles. The summed E-state index contributed by atoms with van der Waals surface area (Å²) in [6.07, 6.45) is 1.84. The second-order valence-electron chi connectivity index (χ2n) is 5.76. The van der Waals surface area contributed by atoms with E-state index < -0.39 is 0 Å². The Morgan fingerprint density at radius 1 is 1.04 bits per heavy atom. The summed E-state index contributed by atoms with van der Waals surface area (Å²) in [4.78, 5) is 23.0. The highest BCUT2D eigenvalue weighted by molar-refractivity contribution is 6.30. The van der Waals surface area contributed by atoms with Crippen LogP contribution in [0.15, 0.2) is 48.5 Å². The normalized spacial score (nSPS) is 10.3. The van der Waals surface area contributed by atoms with E-state index in [2.05, 4.69) is 5.32 Å². The number of ether oxygens (including phenoxy) is 1. The molecule has 132 valence electrons. The summed E-state index contributed by atoms with van der Waals surface area (Å²) in [5, 5.41) is 3.61. The van der Waals surface area contributed by atoms with Crippen molar-refractivity contribution in [1.29, 1.82) is 0 Å². The largest absolute Gasteiger partial charge is 0.494 e. The summed E-state index contributed by atoms with van der Waals surface area (Å²) in [6, 6.07) is 14.6. The van der Waals surface area contributed by atoms with Gasteiger partial charge in [-0.05, 0) is 61.7 Å². The monoisotopic (exact) mass is 359 g/mol. The minimum Gasteiger partial charge on any atom is -0.494 e. The van der Waals surface area contributed by atoms with Gasteiger partial charge in [-0.3, -0.25) is 9.59 Å². The van der Waals surface area contributed by atoms with Gasteiger partial charge >= 0.3 is 0 Å². The van der Waals surface area contributed by atoms with Crippen LogP contribution in [0.3, 0.4) is 0 Å². The lowest BCUT2D eigenvalue weighted by Gasteiger charge is -2.08. The standard InChI is InChI=1S/C20H22ClNO3/c1-15(23)17-6-10-19(11-7-17)25-14-2-3-20(24)22-13-12-16-4-8-18(21)9-5-16/h4-11H,2-3,12-14H2,1H3,(H,22,24). The Kier molecular flexibility index (Phi) is 7.48. The molecule has 2 aromatic rings. The van der Waals surface area contributed by atoms with Gasteiger partial charge in [-0.15, -0.1) is 0 Å². The Hall–Kier alpha value is -2.33. The minimum absolute atomic E-state index is 0.0180. The Bertz CT molecular complexity index is 696. The van der Waals surface area contributed by atoms with E-state index in [1.54, 1.807) is 24.3 Å². The van der Waals surface area contributed by atoms with Crippen LogP contribution in [0.4, 0.5) is 0 Å². The van der Waals surface area contributed by atoms with Crippen LogP contribution in [0.5, 0.6) is 5.75 Å². The minimum atomic E-state index is 0.0180. The van der Waals surface area contributed by atoms with Crippen LogP contribution in [-0.4, -0.2) is 24.8 Å². The second kappa shape index (κ2) is 9.84. The Morgan fingerprint density at radius 2 is 1.72 bits per heavy atom. The molecule has 1 amide bonds. The van der Waals surface area contributed by atoms with Crippen molar-refractivity contribution in [2.24, 2.45) is 0 Å². The molecular weight excluding hydrogens is 338 g/mol. The molecule has 0 atom stereocenters. The van der Waals surface area contributed by atoms with Gasteiger partial charge < -0.3 is 10.1 Å². The molecule has 0 radical (unpaired) electrons. The topological polar surface area (TPSA) is 55.4 Å². The molecular formula is C20H22ClNO3. The number of hydrogen-bond donors (Lipinski definition) is 1. The van der Waals surface area contributed by atoms with E-state index in [0.717, 1.165) is 12.0 Å². The lowest BCUT2D eigenvalue weighted by molar-refractivity contribution is -0.121. The first-order chi connectivity index (χ1) is 12.0. The summed E-state index contributed by atoms with van der Waals surface area (Å²) < 4.78 is 5.57. The first kappa shape index (κ1) is 19.0. The summed E-state index contributed by atoms with van der Waals surface area (Å²) in [5.74, 6) is 0.749. The summed E-state index contributed by atoms with van der Waals surface area (Å²) in [6.45, 7) is 2.60.